The van der Waals surface area contributed by atoms with Crippen LogP contribution in [0.2, 0.25) is 0 Å². The van der Waals surface area contributed by atoms with E-state index in [0.717, 1.165) is 25.7 Å². The average molecular weight is 488 g/mol. The largest absolute Gasteiger partial charge is 0.459 e. The molecule has 1 saturated carbocycles. The molecule has 2 fully saturated rings. The number of carbonyl (C=O) groups is 4. The minimum Gasteiger partial charge on any atom is -0.459 e. The molecule has 35 heavy (non-hydrogen) atoms. The van der Waals surface area contributed by atoms with Crippen LogP contribution in [-0.2, 0) is 19.1 Å². The van der Waals surface area contributed by atoms with Crippen LogP contribution in [0.5, 0.6) is 0 Å². The number of amides is 3. The Hall–Kier alpha value is -3.10. The number of nitrogens with zero attached hydrogens (tertiary/aromatic N) is 1. The standard InChI is InChI=1S/C26H37N3O6/c1-17(30)27-22(18-7-5-6-8-18)23(31)28-20-11-9-19(10-12-20)24(32)34-21-13-15-29(16-14-21)25(33)35-26(2,3)4/h9-12,18,21-22H,5-8,13-16H2,1-4H3,(H,27,30)(H,28,31). The summed E-state index contributed by atoms with van der Waals surface area (Å²) in [5.41, 5.74) is 0.380. The lowest BCUT2D eigenvalue weighted by molar-refractivity contribution is -0.126. The normalized spacial score (nSPS) is 18.0. The van der Waals surface area contributed by atoms with Crippen molar-refractivity contribution in [3.8, 4) is 0 Å². The van der Waals surface area contributed by atoms with Crippen molar-refractivity contribution in [3.05, 3.63) is 29.8 Å². The Morgan fingerprint density at radius 1 is 0.971 bits per heavy atom. The number of benzene rings is 1. The molecule has 1 atom stereocenters. The highest BCUT2D eigenvalue weighted by atomic mass is 16.6. The molecule has 0 bridgehead atoms. The highest BCUT2D eigenvalue weighted by Crippen LogP contribution is 2.28. The Kier molecular flexibility index (Phi) is 8.75. The van der Waals surface area contributed by atoms with Crippen LogP contribution in [-0.4, -0.2) is 59.6 Å². The minimum absolute atomic E-state index is 0.134. The summed E-state index contributed by atoms with van der Waals surface area (Å²) in [6, 6.07) is 5.96. The average Bonchev–Trinajstić information content (AvgIpc) is 3.31. The fraction of sp³-hybridized carbons (Fsp3) is 0.615. The summed E-state index contributed by atoms with van der Waals surface area (Å²) in [6.45, 7) is 7.83. The van der Waals surface area contributed by atoms with E-state index in [1.807, 2.05) is 20.8 Å². The van der Waals surface area contributed by atoms with Crippen molar-refractivity contribution in [2.24, 2.45) is 5.92 Å². The van der Waals surface area contributed by atoms with Gasteiger partial charge in [-0.15, -0.1) is 0 Å². The van der Waals surface area contributed by atoms with Gasteiger partial charge in [0.05, 0.1) is 5.56 Å². The number of esters is 1. The van der Waals surface area contributed by atoms with E-state index in [2.05, 4.69) is 10.6 Å². The maximum absolute atomic E-state index is 12.8. The van der Waals surface area contributed by atoms with Gasteiger partial charge in [-0.05, 0) is 63.8 Å². The maximum Gasteiger partial charge on any atom is 0.410 e. The van der Waals surface area contributed by atoms with Crippen LogP contribution in [0.3, 0.4) is 0 Å². The van der Waals surface area contributed by atoms with Crippen LogP contribution >= 0.6 is 0 Å². The van der Waals surface area contributed by atoms with Crippen molar-refractivity contribution in [1.29, 1.82) is 0 Å². The number of carbonyl (C=O) groups excluding carboxylic acids is 4. The third-order valence-corrected chi connectivity index (χ3v) is 6.27. The third kappa shape index (κ3) is 7.97. The first-order valence-corrected chi connectivity index (χ1v) is 12.4. The van der Waals surface area contributed by atoms with Gasteiger partial charge < -0.3 is 25.0 Å². The molecule has 0 aromatic heterocycles. The second-order valence-corrected chi connectivity index (χ2v) is 10.4. The van der Waals surface area contributed by atoms with Crippen molar-refractivity contribution in [2.45, 2.75) is 84.0 Å². The molecule has 3 amide bonds. The predicted molar refractivity (Wildman–Crippen MR) is 131 cm³/mol. The zero-order valence-electron chi connectivity index (χ0n) is 21.1. The number of anilines is 1. The predicted octanol–water partition coefficient (Wildman–Crippen LogP) is 3.88. The lowest BCUT2D eigenvalue weighted by Crippen LogP contribution is -2.47. The highest BCUT2D eigenvalue weighted by molar-refractivity contribution is 5.98. The molecule has 9 nitrogen and oxygen atoms in total. The van der Waals surface area contributed by atoms with Crippen LogP contribution in [0.4, 0.5) is 10.5 Å². The summed E-state index contributed by atoms with van der Waals surface area (Å²) >= 11 is 0. The quantitative estimate of drug-likeness (QED) is 0.589. The van der Waals surface area contributed by atoms with E-state index in [0.29, 0.717) is 37.2 Å². The summed E-state index contributed by atoms with van der Waals surface area (Å²) in [6.07, 6.45) is 4.42. The molecule has 3 rings (SSSR count). The van der Waals surface area contributed by atoms with Gasteiger partial charge in [-0.25, -0.2) is 9.59 Å². The summed E-state index contributed by atoms with van der Waals surface area (Å²) < 4.78 is 11.0. The summed E-state index contributed by atoms with van der Waals surface area (Å²) in [5.74, 6) is -0.790. The van der Waals surface area contributed by atoms with Crippen LogP contribution in [0.1, 0.15) is 76.6 Å². The monoisotopic (exact) mass is 487 g/mol. The Labute approximate surface area is 206 Å². The smallest absolute Gasteiger partial charge is 0.410 e. The number of hydrogen-bond donors (Lipinski definition) is 2. The molecule has 1 unspecified atom stereocenters. The first kappa shape index (κ1) is 26.5. The Bertz CT molecular complexity index is 910. The zero-order chi connectivity index (χ0) is 25.6. The Balaban J connectivity index is 1.49. The lowest BCUT2D eigenvalue weighted by Gasteiger charge is -2.33. The SMILES string of the molecule is CC(=O)NC(C(=O)Nc1ccc(C(=O)OC2CCN(C(=O)OC(C)(C)C)CC2)cc1)C1CCCC1. The Morgan fingerprint density at radius 3 is 2.11 bits per heavy atom. The van der Waals surface area contributed by atoms with Gasteiger partial charge in [0.15, 0.2) is 0 Å². The Morgan fingerprint density at radius 2 is 1.57 bits per heavy atom. The molecule has 2 N–H and O–H groups in total. The van der Waals surface area contributed by atoms with E-state index in [1.54, 1.807) is 29.2 Å². The molecular formula is C26H37N3O6. The van der Waals surface area contributed by atoms with Gasteiger partial charge in [0, 0.05) is 38.5 Å². The topological polar surface area (TPSA) is 114 Å². The molecule has 1 aromatic carbocycles. The van der Waals surface area contributed by atoms with Crippen molar-refractivity contribution in [3.63, 3.8) is 0 Å². The summed E-state index contributed by atoms with van der Waals surface area (Å²) in [5, 5.41) is 5.63. The fourth-order valence-corrected chi connectivity index (χ4v) is 4.52. The van der Waals surface area contributed by atoms with Gasteiger partial charge >= 0.3 is 12.1 Å². The number of rotatable bonds is 6. The first-order chi connectivity index (χ1) is 16.5. The molecule has 9 heteroatoms. The minimum atomic E-state index is -0.564. The number of ether oxygens (including phenoxy) is 2. The zero-order valence-corrected chi connectivity index (χ0v) is 21.1. The van der Waals surface area contributed by atoms with Crippen LogP contribution in [0.15, 0.2) is 24.3 Å². The maximum atomic E-state index is 12.8. The van der Waals surface area contributed by atoms with Gasteiger partial charge in [0.1, 0.15) is 17.7 Å². The van der Waals surface area contributed by atoms with E-state index in [4.69, 9.17) is 9.47 Å². The van der Waals surface area contributed by atoms with Crippen molar-refractivity contribution < 1.29 is 28.7 Å². The molecule has 1 saturated heterocycles. The molecule has 2 aliphatic rings. The number of piperidine rings is 1. The van der Waals surface area contributed by atoms with E-state index in [9.17, 15) is 19.2 Å². The number of nitrogens with one attached hydrogen (secondary N) is 2. The van der Waals surface area contributed by atoms with Gasteiger partial charge in [-0.3, -0.25) is 9.59 Å². The highest BCUT2D eigenvalue weighted by Gasteiger charge is 2.32. The van der Waals surface area contributed by atoms with Crippen LogP contribution in [0.25, 0.3) is 0 Å². The lowest BCUT2D eigenvalue weighted by atomic mass is 9.97. The van der Waals surface area contributed by atoms with E-state index >= 15 is 0 Å². The second-order valence-electron chi connectivity index (χ2n) is 10.4. The third-order valence-electron chi connectivity index (χ3n) is 6.27. The van der Waals surface area contributed by atoms with Crippen molar-refractivity contribution in [1.82, 2.24) is 10.2 Å². The summed E-state index contributed by atoms with van der Waals surface area (Å²) in [7, 11) is 0. The molecular weight excluding hydrogens is 450 g/mol. The van der Waals surface area contributed by atoms with E-state index in [1.165, 1.54) is 6.92 Å². The molecule has 1 aromatic rings. The van der Waals surface area contributed by atoms with Crippen LogP contribution < -0.4 is 10.6 Å². The van der Waals surface area contributed by atoms with Gasteiger partial charge in [0.2, 0.25) is 11.8 Å². The van der Waals surface area contributed by atoms with Crippen molar-refractivity contribution in [2.75, 3.05) is 18.4 Å². The summed E-state index contributed by atoms with van der Waals surface area (Å²) in [4.78, 5) is 50.8. The number of likely N-dealkylation sites (tertiary alicyclic amines) is 1. The van der Waals surface area contributed by atoms with Crippen molar-refractivity contribution >= 4 is 29.6 Å². The second kappa shape index (κ2) is 11.6. The molecule has 0 spiro atoms. The fourth-order valence-electron chi connectivity index (χ4n) is 4.52. The molecule has 0 radical (unpaired) electrons. The van der Waals surface area contributed by atoms with Gasteiger partial charge in [0.25, 0.3) is 0 Å². The first-order valence-electron chi connectivity index (χ1n) is 12.4. The van der Waals surface area contributed by atoms with Gasteiger partial charge in [-0.1, -0.05) is 12.8 Å². The molecule has 192 valence electrons. The molecule has 1 aliphatic heterocycles. The van der Waals surface area contributed by atoms with Crippen LogP contribution in [0, 0.1) is 5.92 Å². The molecule has 1 aliphatic carbocycles. The number of hydrogen-bond acceptors (Lipinski definition) is 6. The van der Waals surface area contributed by atoms with E-state index in [-0.39, 0.29) is 29.9 Å². The molecule has 1 heterocycles. The van der Waals surface area contributed by atoms with E-state index < -0.39 is 17.6 Å². The van der Waals surface area contributed by atoms with Gasteiger partial charge in [-0.2, -0.15) is 0 Å².